The molecular weight excluding hydrogens is 264 g/mol. The van der Waals surface area contributed by atoms with Crippen LogP contribution in [0.25, 0.3) is 0 Å². The van der Waals surface area contributed by atoms with Crippen molar-refractivity contribution in [1.82, 2.24) is 0 Å². The van der Waals surface area contributed by atoms with E-state index in [9.17, 15) is 4.21 Å². The van der Waals surface area contributed by atoms with E-state index in [-0.39, 0.29) is 0 Å². The minimum atomic E-state index is -1.99. The number of benzene rings is 2. The molecule has 19 heavy (non-hydrogen) atoms. The molecule has 0 aliphatic heterocycles. The standard InChI is InChI=1S/C12H12N4O2S/c13-8-1-6-12(11(14)7-8)16-15-9-2-4-10(5-3-9)19(17)18/h1-7H,13-14H2,(H,17,18). The number of nitrogen functional groups attached to an aromatic ring is 2. The summed E-state index contributed by atoms with van der Waals surface area (Å²) in [5.41, 5.74) is 13.4. The van der Waals surface area contributed by atoms with Crippen LogP contribution in [0.4, 0.5) is 22.7 Å². The maximum atomic E-state index is 10.8. The van der Waals surface area contributed by atoms with Gasteiger partial charge in [-0.25, -0.2) is 4.21 Å². The van der Waals surface area contributed by atoms with E-state index < -0.39 is 11.1 Å². The zero-order valence-electron chi connectivity index (χ0n) is 9.85. The minimum Gasteiger partial charge on any atom is -0.399 e. The third-order valence-corrected chi connectivity index (χ3v) is 3.04. The quantitative estimate of drug-likeness (QED) is 0.454. The van der Waals surface area contributed by atoms with E-state index >= 15 is 0 Å². The summed E-state index contributed by atoms with van der Waals surface area (Å²) < 4.78 is 19.7. The molecule has 6 nitrogen and oxygen atoms in total. The van der Waals surface area contributed by atoms with Crippen LogP contribution in [0.5, 0.6) is 0 Å². The van der Waals surface area contributed by atoms with Gasteiger partial charge in [-0.3, -0.25) is 0 Å². The maximum absolute atomic E-state index is 10.8. The van der Waals surface area contributed by atoms with Gasteiger partial charge in [0.15, 0.2) is 11.1 Å². The van der Waals surface area contributed by atoms with Gasteiger partial charge in [0.05, 0.1) is 16.3 Å². The highest BCUT2D eigenvalue weighted by atomic mass is 32.2. The van der Waals surface area contributed by atoms with Crippen LogP contribution in [-0.4, -0.2) is 8.76 Å². The Balaban J connectivity index is 2.20. The van der Waals surface area contributed by atoms with Gasteiger partial charge in [0, 0.05) is 5.69 Å². The molecule has 0 saturated carbocycles. The first-order valence-electron chi connectivity index (χ1n) is 5.34. The molecule has 0 aromatic heterocycles. The van der Waals surface area contributed by atoms with Crippen molar-refractivity contribution >= 4 is 33.8 Å². The van der Waals surface area contributed by atoms with Crippen LogP contribution in [0.15, 0.2) is 57.6 Å². The van der Waals surface area contributed by atoms with E-state index in [4.69, 9.17) is 16.0 Å². The van der Waals surface area contributed by atoms with Gasteiger partial charge in [-0.05, 0) is 42.5 Å². The van der Waals surface area contributed by atoms with Gasteiger partial charge in [0.25, 0.3) is 0 Å². The van der Waals surface area contributed by atoms with Gasteiger partial charge in [-0.1, -0.05) is 0 Å². The Hall–Kier alpha value is -2.25. The third kappa shape index (κ3) is 3.36. The van der Waals surface area contributed by atoms with E-state index in [0.717, 1.165) is 0 Å². The molecule has 2 aromatic rings. The highest BCUT2D eigenvalue weighted by Crippen LogP contribution is 2.26. The molecule has 0 amide bonds. The Labute approximate surface area is 112 Å². The molecule has 7 heteroatoms. The Kier molecular flexibility index (Phi) is 3.88. The fourth-order valence-electron chi connectivity index (χ4n) is 1.40. The average Bonchev–Trinajstić information content (AvgIpc) is 2.38. The predicted molar refractivity (Wildman–Crippen MR) is 74.9 cm³/mol. The summed E-state index contributed by atoms with van der Waals surface area (Å²) in [5.74, 6) is 0. The first-order valence-corrected chi connectivity index (χ1v) is 6.44. The van der Waals surface area contributed by atoms with Crippen LogP contribution in [-0.2, 0) is 11.1 Å². The summed E-state index contributed by atoms with van der Waals surface area (Å²) in [6.45, 7) is 0. The number of anilines is 2. The number of hydrogen-bond acceptors (Lipinski definition) is 5. The second-order valence-corrected chi connectivity index (χ2v) is 4.73. The van der Waals surface area contributed by atoms with Gasteiger partial charge in [0.2, 0.25) is 0 Å². The summed E-state index contributed by atoms with van der Waals surface area (Å²) in [6, 6.07) is 11.2. The van der Waals surface area contributed by atoms with Crippen LogP contribution in [0, 0.1) is 0 Å². The first kappa shape index (κ1) is 13.2. The van der Waals surface area contributed by atoms with Gasteiger partial charge in [0.1, 0.15) is 5.69 Å². The maximum Gasteiger partial charge on any atom is 0.186 e. The Morgan fingerprint density at radius 2 is 1.68 bits per heavy atom. The Bertz CT molecular complexity index is 641. The summed E-state index contributed by atoms with van der Waals surface area (Å²) in [6.07, 6.45) is 0. The molecule has 0 aliphatic rings. The normalized spacial score (nSPS) is 12.7. The van der Waals surface area contributed by atoms with Crippen LogP contribution in [0.1, 0.15) is 0 Å². The number of nitrogens with two attached hydrogens (primary N) is 2. The SMILES string of the molecule is Nc1ccc(N=Nc2ccc(S(=O)O)cc2)c(N)c1. The van der Waals surface area contributed by atoms with E-state index in [0.29, 0.717) is 27.6 Å². The molecule has 0 saturated heterocycles. The molecule has 0 radical (unpaired) electrons. The van der Waals surface area contributed by atoms with Crippen molar-refractivity contribution in [2.24, 2.45) is 10.2 Å². The van der Waals surface area contributed by atoms with Crippen molar-refractivity contribution in [1.29, 1.82) is 0 Å². The van der Waals surface area contributed by atoms with Crippen LogP contribution < -0.4 is 11.5 Å². The second-order valence-electron chi connectivity index (χ2n) is 3.76. The molecule has 2 aromatic carbocycles. The molecule has 1 atom stereocenters. The van der Waals surface area contributed by atoms with Crippen LogP contribution in [0.3, 0.4) is 0 Å². The molecule has 0 fully saturated rings. The summed E-state index contributed by atoms with van der Waals surface area (Å²) in [7, 11) is 0. The topological polar surface area (TPSA) is 114 Å². The first-order chi connectivity index (χ1) is 9.06. The molecule has 5 N–H and O–H groups in total. The van der Waals surface area contributed by atoms with Crippen molar-refractivity contribution in [3.8, 4) is 0 Å². The summed E-state index contributed by atoms with van der Waals surface area (Å²) in [5, 5.41) is 7.99. The molecule has 0 aliphatic carbocycles. The van der Waals surface area contributed by atoms with E-state index in [2.05, 4.69) is 10.2 Å². The average molecular weight is 276 g/mol. The van der Waals surface area contributed by atoms with Gasteiger partial charge in [-0.15, -0.1) is 5.11 Å². The van der Waals surface area contributed by atoms with E-state index in [1.165, 1.54) is 12.1 Å². The largest absolute Gasteiger partial charge is 0.399 e. The fraction of sp³-hybridized carbons (Fsp3) is 0. The Morgan fingerprint density at radius 3 is 2.26 bits per heavy atom. The molecular formula is C12H12N4O2S. The van der Waals surface area contributed by atoms with Crippen molar-refractivity contribution in [3.63, 3.8) is 0 Å². The van der Waals surface area contributed by atoms with Crippen molar-refractivity contribution < 1.29 is 8.76 Å². The lowest BCUT2D eigenvalue weighted by molar-refractivity contribution is 0.564. The Morgan fingerprint density at radius 1 is 1.00 bits per heavy atom. The molecule has 0 spiro atoms. The lowest BCUT2D eigenvalue weighted by Crippen LogP contribution is -1.89. The van der Waals surface area contributed by atoms with Crippen LogP contribution in [0.2, 0.25) is 0 Å². The summed E-state index contributed by atoms with van der Waals surface area (Å²) in [4.78, 5) is 0.311. The smallest absolute Gasteiger partial charge is 0.186 e. The van der Waals surface area contributed by atoms with E-state index in [1.807, 2.05) is 0 Å². The third-order valence-electron chi connectivity index (χ3n) is 2.36. The number of hydrogen-bond donors (Lipinski definition) is 3. The van der Waals surface area contributed by atoms with Crippen molar-refractivity contribution in [3.05, 3.63) is 42.5 Å². The highest BCUT2D eigenvalue weighted by Gasteiger charge is 2.00. The zero-order chi connectivity index (χ0) is 13.8. The number of azo groups is 1. The molecule has 1 unspecified atom stereocenters. The minimum absolute atomic E-state index is 0.311. The zero-order valence-corrected chi connectivity index (χ0v) is 10.7. The fourth-order valence-corrected chi connectivity index (χ4v) is 1.77. The van der Waals surface area contributed by atoms with Crippen molar-refractivity contribution in [2.45, 2.75) is 4.90 Å². The van der Waals surface area contributed by atoms with Gasteiger partial charge >= 0.3 is 0 Å². The predicted octanol–water partition coefficient (Wildman–Crippen LogP) is 2.85. The number of nitrogens with zero attached hydrogens (tertiary/aromatic N) is 2. The number of rotatable bonds is 3. The van der Waals surface area contributed by atoms with E-state index in [1.54, 1.807) is 30.3 Å². The highest BCUT2D eigenvalue weighted by molar-refractivity contribution is 7.79. The molecule has 0 bridgehead atoms. The molecule has 2 rings (SSSR count). The van der Waals surface area contributed by atoms with Gasteiger partial charge < -0.3 is 16.0 Å². The second kappa shape index (κ2) is 5.59. The summed E-state index contributed by atoms with van der Waals surface area (Å²) >= 11 is -1.99. The van der Waals surface area contributed by atoms with Gasteiger partial charge in [-0.2, -0.15) is 5.11 Å². The van der Waals surface area contributed by atoms with Crippen LogP contribution >= 0.6 is 0 Å². The molecule has 0 heterocycles. The van der Waals surface area contributed by atoms with Crippen molar-refractivity contribution in [2.75, 3.05) is 11.5 Å². The lowest BCUT2D eigenvalue weighted by Gasteiger charge is -2.00. The monoisotopic (exact) mass is 276 g/mol. The molecule has 98 valence electrons. The lowest BCUT2D eigenvalue weighted by atomic mass is 10.2.